The molecule has 0 amide bonds. The zero-order valence-electron chi connectivity index (χ0n) is 10.6. The van der Waals surface area contributed by atoms with Crippen LogP contribution >= 0.6 is 11.6 Å². The van der Waals surface area contributed by atoms with Crippen LogP contribution < -0.4 is 10.1 Å². The van der Waals surface area contributed by atoms with Gasteiger partial charge in [0, 0.05) is 6.20 Å². The Labute approximate surface area is 119 Å². The Morgan fingerprint density at radius 2 is 2.25 bits per heavy atom. The molecule has 3 rings (SSSR count). The zero-order valence-corrected chi connectivity index (χ0v) is 11.3. The number of aromatic nitrogens is 5. The van der Waals surface area contributed by atoms with Gasteiger partial charge < -0.3 is 15.0 Å². The first kappa shape index (κ1) is 12.6. The van der Waals surface area contributed by atoms with E-state index >= 15 is 0 Å². The molecule has 0 aliphatic rings. The molecule has 0 aliphatic heterocycles. The van der Waals surface area contributed by atoms with Gasteiger partial charge in [-0.2, -0.15) is 9.97 Å². The summed E-state index contributed by atoms with van der Waals surface area (Å²) in [4.78, 5) is 19.5. The van der Waals surface area contributed by atoms with E-state index in [2.05, 4.69) is 30.2 Å². The molecule has 0 spiro atoms. The van der Waals surface area contributed by atoms with Crippen LogP contribution in [-0.2, 0) is 0 Å². The molecule has 0 saturated carbocycles. The summed E-state index contributed by atoms with van der Waals surface area (Å²) in [6.45, 7) is 2.44. The van der Waals surface area contributed by atoms with Gasteiger partial charge in [-0.15, -0.1) is 0 Å². The Hall–Kier alpha value is -2.41. The van der Waals surface area contributed by atoms with E-state index in [1.807, 2.05) is 13.0 Å². The van der Waals surface area contributed by atoms with Crippen LogP contribution in [0.25, 0.3) is 11.2 Å². The smallest absolute Gasteiger partial charge is 0.232 e. The summed E-state index contributed by atoms with van der Waals surface area (Å²) in [6.07, 6.45) is 3.17. The Bertz CT molecular complexity index is 744. The number of nitrogens with one attached hydrogen (secondary N) is 2. The first-order chi connectivity index (χ1) is 9.78. The predicted molar refractivity (Wildman–Crippen MR) is 75.4 cm³/mol. The maximum atomic E-state index is 6.06. The normalized spacial score (nSPS) is 10.7. The van der Waals surface area contributed by atoms with Gasteiger partial charge in [-0.25, -0.2) is 9.97 Å². The molecule has 0 fully saturated rings. The molecule has 2 N–H and O–H groups in total. The van der Waals surface area contributed by atoms with Gasteiger partial charge in [0.25, 0.3) is 0 Å². The molecular formula is C12H11ClN6O. The number of aromatic amines is 1. The quantitative estimate of drug-likeness (QED) is 0.718. The number of imidazole rings is 1. The zero-order chi connectivity index (χ0) is 13.9. The molecule has 8 heteroatoms. The number of rotatable bonds is 4. The van der Waals surface area contributed by atoms with Gasteiger partial charge >= 0.3 is 0 Å². The lowest BCUT2D eigenvalue weighted by Gasteiger charge is -2.09. The first-order valence-electron chi connectivity index (χ1n) is 5.99. The van der Waals surface area contributed by atoms with Crippen molar-refractivity contribution in [1.82, 2.24) is 24.9 Å². The fourth-order valence-corrected chi connectivity index (χ4v) is 1.94. The van der Waals surface area contributed by atoms with Crippen molar-refractivity contribution in [3.05, 3.63) is 29.8 Å². The van der Waals surface area contributed by atoms with E-state index in [1.165, 1.54) is 6.33 Å². The van der Waals surface area contributed by atoms with E-state index in [0.717, 1.165) is 0 Å². The number of hydrogen-bond donors (Lipinski definition) is 2. The molecule has 3 aromatic rings. The Kier molecular flexibility index (Phi) is 3.34. The first-order valence-corrected chi connectivity index (χ1v) is 6.37. The van der Waals surface area contributed by atoms with Crippen LogP contribution in [0.1, 0.15) is 6.92 Å². The van der Waals surface area contributed by atoms with Crippen molar-refractivity contribution >= 4 is 34.5 Å². The molecule has 0 bridgehead atoms. The standard InChI is InChI=1S/C12H11ClN6O/c1-2-20-7-4-3-5-14-10(7)18-12-17-9(13)8-11(19-12)16-6-15-8/h3-6H,2H2,1H3,(H2,14,15,16,17,18,19). The number of hydrogen-bond acceptors (Lipinski definition) is 6. The van der Waals surface area contributed by atoms with Crippen LogP contribution in [0.15, 0.2) is 24.7 Å². The lowest BCUT2D eigenvalue weighted by Crippen LogP contribution is -2.03. The average molecular weight is 291 g/mol. The van der Waals surface area contributed by atoms with E-state index in [1.54, 1.807) is 12.3 Å². The molecule has 0 radical (unpaired) electrons. The van der Waals surface area contributed by atoms with Crippen molar-refractivity contribution in [2.75, 3.05) is 11.9 Å². The molecular weight excluding hydrogens is 280 g/mol. The fraction of sp³-hybridized carbons (Fsp3) is 0.167. The summed E-state index contributed by atoms with van der Waals surface area (Å²) in [5.74, 6) is 1.46. The van der Waals surface area contributed by atoms with Gasteiger partial charge in [-0.1, -0.05) is 11.6 Å². The van der Waals surface area contributed by atoms with Crippen LogP contribution in [0.2, 0.25) is 5.15 Å². The van der Waals surface area contributed by atoms with Gasteiger partial charge in [0.1, 0.15) is 5.52 Å². The largest absolute Gasteiger partial charge is 0.490 e. The maximum Gasteiger partial charge on any atom is 0.232 e. The SMILES string of the molecule is CCOc1cccnc1Nc1nc(Cl)c2[nH]cnc2n1. The van der Waals surface area contributed by atoms with Gasteiger partial charge in [0.2, 0.25) is 5.95 Å². The minimum atomic E-state index is 0.295. The van der Waals surface area contributed by atoms with E-state index in [9.17, 15) is 0 Å². The number of H-pyrrole nitrogens is 1. The van der Waals surface area contributed by atoms with Gasteiger partial charge in [-0.3, -0.25) is 0 Å². The van der Waals surface area contributed by atoms with E-state index in [0.29, 0.717) is 40.4 Å². The number of halogens is 1. The summed E-state index contributed by atoms with van der Waals surface area (Å²) in [5.41, 5.74) is 1.09. The van der Waals surface area contributed by atoms with Crippen LogP contribution in [0.3, 0.4) is 0 Å². The molecule has 3 heterocycles. The van der Waals surface area contributed by atoms with Crippen molar-refractivity contribution < 1.29 is 4.74 Å². The minimum absolute atomic E-state index is 0.295. The molecule has 3 aromatic heterocycles. The summed E-state index contributed by atoms with van der Waals surface area (Å²) in [6, 6.07) is 3.61. The maximum absolute atomic E-state index is 6.06. The second-order valence-corrected chi connectivity index (χ2v) is 4.21. The summed E-state index contributed by atoms with van der Waals surface area (Å²) < 4.78 is 5.48. The third kappa shape index (κ3) is 2.35. The van der Waals surface area contributed by atoms with Crippen molar-refractivity contribution in [1.29, 1.82) is 0 Å². The topological polar surface area (TPSA) is 88.6 Å². The van der Waals surface area contributed by atoms with E-state index in [4.69, 9.17) is 16.3 Å². The van der Waals surface area contributed by atoms with Gasteiger partial charge in [0.15, 0.2) is 22.4 Å². The fourth-order valence-electron chi connectivity index (χ4n) is 1.72. The van der Waals surface area contributed by atoms with Gasteiger partial charge in [0.05, 0.1) is 12.9 Å². The monoisotopic (exact) mass is 290 g/mol. The molecule has 0 aromatic carbocycles. The summed E-state index contributed by atoms with van der Waals surface area (Å²) in [5, 5.41) is 3.28. The molecule has 7 nitrogen and oxygen atoms in total. The molecule has 0 atom stereocenters. The Morgan fingerprint density at radius 1 is 1.35 bits per heavy atom. The van der Waals surface area contributed by atoms with Crippen LogP contribution in [0, 0.1) is 0 Å². The predicted octanol–water partition coefficient (Wildman–Crippen LogP) is 2.54. The summed E-state index contributed by atoms with van der Waals surface area (Å²) in [7, 11) is 0. The highest BCUT2D eigenvalue weighted by Gasteiger charge is 2.10. The average Bonchev–Trinajstić information content (AvgIpc) is 2.90. The Morgan fingerprint density at radius 3 is 3.10 bits per heavy atom. The van der Waals surface area contributed by atoms with Crippen molar-refractivity contribution in [2.45, 2.75) is 6.92 Å². The van der Waals surface area contributed by atoms with Crippen LogP contribution in [-0.4, -0.2) is 31.5 Å². The second-order valence-electron chi connectivity index (χ2n) is 3.85. The third-order valence-electron chi connectivity index (χ3n) is 2.54. The van der Waals surface area contributed by atoms with Gasteiger partial charge in [-0.05, 0) is 19.1 Å². The minimum Gasteiger partial charge on any atom is -0.490 e. The number of ether oxygens (including phenoxy) is 1. The highest BCUT2D eigenvalue weighted by molar-refractivity contribution is 6.33. The summed E-state index contributed by atoms with van der Waals surface area (Å²) >= 11 is 6.06. The molecule has 0 aliphatic carbocycles. The molecule has 20 heavy (non-hydrogen) atoms. The van der Waals surface area contributed by atoms with Crippen molar-refractivity contribution in [2.24, 2.45) is 0 Å². The number of fused-ring (bicyclic) bond motifs is 1. The number of pyridine rings is 1. The number of nitrogens with zero attached hydrogens (tertiary/aromatic N) is 4. The number of anilines is 2. The van der Waals surface area contributed by atoms with Crippen molar-refractivity contribution in [3.63, 3.8) is 0 Å². The third-order valence-corrected chi connectivity index (χ3v) is 2.82. The second kappa shape index (κ2) is 5.30. The van der Waals surface area contributed by atoms with Crippen LogP contribution in [0.5, 0.6) is 5.75 Å². The lowest BCUT2D eigenvalue weighted by atomic mass is 10.4. The lowest BCUT2D eigenvalue weighted by molar-refractivity contribution is 0.341. The Balaban J connectivity index is 1.96. The highest BCUT2D eigenvalue weighted by atomic mass is 35.5. The van der Waals surface area contributed by atoms with Crippen molar-refractivity contribution in [3.8, 4) is 5.75 Å². The van der Waals surface area contributed by atoms with E-state index in [-0.39, 0.29) is 0 Å². The van der Waals surface area contributed by atoms with Crippen LogP contribution in [0.4, 0.5) is 11.8 Å². The molecule has 0 saturated heterocycles. The highest BCUT2D eigenvalue weighted by Crippen LogP contribution is 2.25. The molecule has 102 valence electrons. The molecule has 0 unspecified atom stereocenters. The van der Waals surface area contributed by atoms with E-state index < -0.39 is 0 Å².